The molecule has 0 bridgehead atoms. The standard InChI is InChI=1S/C57H37N3S/c1-5-15-38(16-6-1)42-27-31-44(32-28-42)49-23-13-24-50-53-51(25-14-26-52(53)61-54(49)50)57-59-55(45-33-29-43(30-34-45)39-17-7-2-8-18-39)58-56(60-57)48-36-46(40-19-9-3-10-20-40)35-47(37-48)41-21-11-4-12-22-41/h1-37H. The minimum absolute atomic E-state index is 0.623. The van der Waals surface area contributed by atoms with Crippen LogP contribution in [0.25, 0.3) is 110 Å². The molecular formula is C57H37N3S. The normalized spacial score (nSPS) is 11.3. The van der Waals surface area contributed by atoms with E-state index in [9.17, 15) is 0 Å². The maximum atomic E-state index is 5.37. The topological polar surface area (TPSA) is 38.7 Å². The van der Waals surface area contributed by atoms with E-state index in [4.69, 9.17) is 15.0 Å². The first-order chi connectivity index (χ1) is 30.2. The van der Waals surface area contributed by atoms with Crippen LogP contribution in [0.5, 0.6) is 0 Å². The van der Waals surface area contributed by atoms with Crippen LogP contribution in [0, 0.1) is 0 Å². The summed E-state index contributed by atoms with van der Waals surface area (Å²) in [6.07, 6.45) is 0. The molecule has 0 spiro atoms. The van der Waals surface area contributed by atoms with Gasteiger partial charge in [0.15, 0.2) is 17.5 Å². The zero-order valence-electron chi connectivity index (χ0n) is 33.1. The fourth-order valence-corrected chi connectivity index (χ4v) is 9.55. The third-order valence-electron chi connectivity index (χ3n) is 11.4. The highest BCUT2D eigenvalue weighted by atomic mass is 32.1. The fraction of sp³-hybridized carbons (Fsp3) is 0. The number of benzene rings is 9. The molecule has 3 nitrogen and oxygen atoms in total. The summed E-state index contributed by atoms with van der Waals surface area (Å²) in [6, 6.07) is 79.3. The highest BCUT2D eigenvalue weighted by Gasteiger charge is 2.20. The molecule has 11 rings (SSSR count). The molecular weight excluding hydrogens is 759 g/mol. The maximum Gasteiger partial charge on any atom is 0.164 e. The van der Waals surface area contributed by atoms with Crippen molar-refractivity contribution in [1.82, 2.24) is 15.0 Å². The zero-order valence-corrected chi connectivity index (χ0v) is 33.9. The highest BCUT2D eigenvalue weighted by molar-refractivity contribution is 7.26. The molecule has 0 N–H and O–H groups in total. The molecule has 0 amide bonds. The summed E-state index contributed by atoms with van der Waals surface area (Å²) in [5.74, 6) is 1.89. The summed E-state index contributed by atoms with van der Waals surface area (Å²) in [5.41, 5.74) is 14.4. The number of hydrogen-bond donors (Lipinski definition) is 0. The van der Waals surface area contributed by atoms with Gasteiger partial charge in [-0.3, -0.25) is 0 Å². The third-order valence-corrected chi connectivity index (χ3v) is 12.6. The quantitative estimate of drug-likeness (QED) is 0.154. The summed E-state index contributed by atoms with van der Waals surface area (Å²) in [5, 5.41) is 2.34. The summed E-state index contributed by atoms with van der Waals surface area (Å²) >= 11 is 1.82. The first-order valence-corrected chi connectivity index (χ1v) is 21.3. The van der Waals surface area contributed by atoms with Gasteiger partial charge in [0, 0.05) is 36.9 Å². The molecule has 2 aromatic heterocycles. The second kappa shape index (κ2) is 15.8. The lowest BCUT2D eigenvalue weighted by molar-refractivity contribution is 1.08. The molecule has 0 aliphatic rings. The van der Waals surface area contributed by atoms with Crippen molar-refractivity contribution in [1.29, 1.82) is 0 Å². The van der Waals surface area contributed by atoms with E-state index in [1.807, 2.05) is 17.4 Å². The Balaban J connectivity index is 1.09. The monoisotopic (exact) mass is 795 g/mol. The molecule has 0 unspecified atom stereocenters. The van der Waals surface area contributed by atoms with Gasteiger partial charge in [-0.15, -0.1) is 11.3 Å². The Kier molecular flexibility index (Phi) is 9.38. The van der Waals surface area contributed by atoms with Crippen LogP contribution in [-0.4, -0.2) is 15.0 Å². The van der Waals surface area contributed by atoms with Crippen molar-refractivity contribution in [3.05, 3.63) is 224 Å². The van der Waals surface area contributed by atoms with Gasteiger partial charge in [0.05, 0.1) is 0 Å². The lowest BCUT2D eigenvalue weighted by Crippen LogP contribution is -2.01. The minimum atomic E-state index is 0.623. The van der Waals surface area contributed by atoms with Crippen LogP contribution >= 0.6 is 11.3 Å². The van der Waals surface area contributed by atoms with Crippen molar-refractivity contribution in [2.75, 3.05) is 0 Å². The Bertz CT molecular complexity index is 3250. The Hall–Kier alpha value is -7.79. The smallest absolute Gasteiger partial charge is 0.164 e. The lowest BCUT2D eigenvalue weighted by atomic mass is 9.95. The average molecular weight is 796 g/mol. The van der Waals surface area contributed by atoms with Crippen LogP contribution in [0.4, 0.5) is 0 Å². The Morgan fingerprint density at radius 2 is 0.656 bits per heavy atom. The van der Waals surface area contributed by atoms with Crippen molar-refractivity contribution in [2.45, 2.75) is 0 Å². The number of fused-ring (bicyclic) bond motifs is 3. The third kappa shape index (κ3) is 7.09. The predicted molar refractivity (Wildman–Crippen MR) is 256 cm³/mol. The van der Waals surface area contributed by atoms with E-state index in [1.54, 1.807) is 0 Å². The SMILES string of the molecule is c1ccc(-c2ccc(-c3nc(-c4cc(-c5ccccc5)cc(-c5ccccc5)c4)nc(-c4cccc5sc6c(-c7ccc(-c8ccccc8)cc7)cccc6c45)n3)cc2)cc1. The van der Waals surface area contributed by atoms with Crippen LogP contribution in [0.1, 0.15) is 0 Å². The first-order valence-electron chi connectivity index (χ1n) is 20.5. The van der Waals surface area contributed by atoms with Gasteiger partial charge in [-0.05, 0) is 79.9 Å². The minimum Gasteiger partial charge on any atom is -0.208 e. The number of hydrogen-bond acceptors (Lipinski definition) is 4. The average Bonchev–Trinajstić information content (AvgIpc) is 3.74. The number of thiophene rings is 1. The molecule has 0 saturated carbocycles. The summed E-state index contributed by atoms with van der Waals surface area (Å²) in [7, 11) is 0. The Morgan fingerprint density at radius 3 is 1.20 bits per heavy atom. The van der Waals surface area contributed by atoms with Gasteiger partial charge in [-0.25, -0.2) is 15.0 Å². The van der Waals surface area contributed by atoms with Gasteiger partial charge >= 0.3 is 0 Å². The molecule has 11 aromatic rings. The van der Waals surface area contributed by atoms with Gasteiger partial charge in [0.1, 0.15) is 0 Å². The largest absolute Gasteiger partial charge is 0.208 e. The summed E-state index contributed by atoms with van der Waals surface area (Å²) < 4.78 is 2.43. The first kappa shape index (κ1) is 36.3. The zero-order chi connectivity index (χ0) is 40.5. The molecule has 286 valence electrons. The highest BCUT2D eigenvalue weighted by Crippen LogP contribution is 2.44. The van der Waals surface area contributed by atoms with Gasteiger partial charge in [-0.1, -0.05) is 200 Å². The lowest BCUT2D eigenvalue weighted by Gasteiger charge is -2.13. The van der Waals surface area contributed by atoms with E-state index >= 15 is 0 Å². The predicted octanol–water partition coefficient (Wildman–Crippen LogP) is 15.6. The molecule has 9 aromatic carbocycles. The van der Waals surface area contributed by atoms with Crippen molar-refractivity contribution in [3.63, 3.8) is 0 Å². The van der Waals surface area contributed by atoms with Crippen LogP contribution in [-0.2, 0) is 0 Å². The molecule has 4 heteroatoms. The molecule has 0 fully saturated rings. The van der Waals surface area contributed by atoms with Crippen LogP contribution in [0.2, 0.25) is 0 Å². The second-order valence-corrected chi connectivity index (χ2v) is 16.2. The number of aromatic nitrogens is 3. The summed E-state index contributed by atoms with van der Waals surface area (Å²) in [6.45, 7) is 0. The molecule has 0 aliphatic heterocycles. The van der Waals surface area contributed by atoms with E-state index in [-0.39, 0.29) is 0 Å². The molecule has 61 heavy (non-hydrogen) atoms. The van der Waals surface area contributed by atoms with Gasteiger partial charge in [-0.2, -0.15) is 0 Å². The second-order valence-electron chi connectivity index (χ2n) is 15.2. The van der Waals surface area contributed by atoms with Crippen molar-refractivity contribution in [3.8, 4) is 89.8 Å². The van der Waals surface area contributed by atoms with E-state index in [0.717, 1.165) is 49.9 Å². The van der Waals surface area contributed by atoms with Gasteiger partial charge < -0.3 is 0 Å². The number of nitrogens with zero attached hydrogens (tertiary/aromatic N) is 3. The van der Waals surface area contributed by atoms with E-state index in [2.05, 4.69) is 218 Å². The van der Waals surface area contributed by atoms with Crippen molar-refractivity contribution < 1.29 is 0 Å². The molecule has 2 heterocycles. The van der Waals surface area contributed by atoms with Crippen LogP contribution in [0.15, 0.2) is 224 Å². The maximum absolute atomic E-state index is 5.37. The fourth-order valence-electron chi connectivity index (χ4n) is 8.28. The van der Waals surface area contributed by atoms with E-state index in [1.165, 1.54) is 42.6 Å². The van der Waals surface area contributed by atoms with Crippen LogP contribution in [0.3, 0.4) is 0 Å². The van der Waals surface area contributed by atoms with E-state index in [0.29, 0.717) is 17.5 Å². The Labute approximate surface area is 359 Å². The van der Waals surface area contributed by atoms with Gasteiger partial charge in [0.25, 0.3) is 0 Å². The van der Waals surface area contributed by atoms with Crippen molar-refractivity contribution >= 4 is 31.5 Å². The molecule has 0 atom stereocenters. The van der Waals surface area contributed by atoms with Gasteiger partial charge in [0.2, 0.25) is 0 Å². The van der Waals surface area contributed by atoms with Crippen molar-refractivity contribution in [2.24, 2.45) is 0 Å². The van der Waals surface area contributed by atoms with E-state index < -0.39 is 0 Å². The Morgan fingerprint density at radius 1 is 0.262 bits per heavy atom. The summed E-state index contributed by atoms with van der Waals surface area (Å²) in [4.78, 5) is 15.9. The molecule has 0 saturated heterocycles. The number of rotatable bonds is 8. The molecule has 0 radical (unpaired) electrons. The van der Waals surface area contributed by atoms with Crippen LogP contribution < -0.4 is 0 Å². The molecule has 0 aliphatic carbocycles.